The topological polar surface area (TPSA) is 63.9 Å². The summed E-state index contributed by atoms with van der Waals surface area (Å²) in [7, 11) is 1.81. The predicted molar refractivity (Wildman–Crippen MR) is 90.5 cm³/mol. The maximum absolute atomic E-state index is 13.4. The van der Waals surface area contributed by atoms with Gasteiger partial charge in [-0.2, -0.15) is 5.10 Å². The number of hydrogen-bond donors (Lipinski definition) is 0. The Morgan fingerprint density at radius 2 is 1.88 bits per heavy atom. The molecular weight excluding hydrogens is 340 g/mol. The van der Waals surface area contributed by atoms with Crippen LogP contribution in [0.15, 0.2) is 30.6 Å². The SMILES string of the molecule is Cn1nc([C@@H]2CCCN(C(=O)c3cc(F)cc(F)c3)C2)c2nccnc21. The molecule has 1 fully saturated rings. The van der Waals surface area contributed by atoms with Crippen molar-refractivity contribution in [3.8, 4) is 0 Å². The summed E-state index contributed by atoms with van der Waals surface area (Å²) in [5, 5.41) is 4.54. The van der Waals surface area contributed by atoms with Gasteiger partial charge in [-0.15, -0.1) is 0 Å². The summed E-state index contributed by atoms with van der Waals surface area (Å²) in [6, 6.07) is 2.89. The van der Waals surface area contributed by atoms with Crippen LogP contribution in [-0.4, -0.2) is 43.6 Å². The van der Waals surface area contributed by atoms with Crippen molar-refractivity contribution in [3.05, 3.63) is 53.5 Å². The second-order valence-corrected chi connectivity index (χ2v) is 6.49. The number of aromatic nitrogens is 4. The van der Waals surface area contributed by atoms with Crippen molar-refractivity contribution in [3.63, 3.8) is 0 Å². The van der Waals surface area contributed by atoms with Crippen LogP contribution in [0.5, 0.6) is 0 Å². The van der Waals surface area contributed by atoms with Crippen LogP contribution < -0.4 is 0 Å². The van der Waals surface area contributed by atoms with Gasteiger partial charge in [-0.3, -0.25) is 4.79 Å². The highest BCUT2D eigenvalue weighted by atomic mass is 19.1. The molecule has 3 heterocycles. The van der Waals surface area contributed by atoms with E-state index in [-0.39, 0.29) is 17.4 Å². The van der Waals surface area contributed by atoms with Gasteiger partial charge in [0.1, 0.15) is 17.2 Å². The van der Waals surface area contributed by atoms with E-state index in [0.717, 1.165) is 42.3 Å². The first-order chi connectivity index (χ1) is 12.5. The van der Waals surface area contributed by atoms with Crippen LogP contribution in [0.25, 0.3) is 11.2 Å². The van der Waals surface area contributed by atoms with Crippen molar-refractivity contribution in [2.75, 3.05) is 13.1 Å². The lowest BCUT2D eigenvalue weighted by molar-refractivity contribution is 0.0705. The fraction of sp³-hybridized carbons (Fsp3) is 0.333. The maximum Gasteiger partial charge on any atom is 0.254 e. The summed E-state index contributed by atoms with van der Waals surface area (Å²) in [6.45, 7) is 0.976. The average molecular weight is 357 g/mol. The van der Waals surface area contributed by atoms with Gasteiger partial charge >= 0.3 is 0 Å². The molecule has 0 N–H and O–H groups in total. The van der Waals surface area contributed by atoms with E-state index in [1.807, 2.05) is 7.05 Å². The first-order valence-electron chi connectivity index (χ1n) is 8.42. The van der Waals surface area contributed by atoms with E-state index in [0.29, 0.717) is 18.7 Å². The van der Waals surface area contributed by atoms with Gasteiger partial charge < -0.3 is 4.90 Å². The van der Waals surface area contributed by atoms with Crippen molar-refractivity contribution in [1.82, 2.24) is 24.6 Å². The summed E-state index contributed by atoms with van der Waals surface area (Å²) < 4.78 is 28.6. The predicted octanol–water partition coefficient (Wildman–Crippen LogP) is 2.66. The number of carbonyl (C=O) groups is 1. The van der Waals surface area contributed by atoms with E-state index < -0.39 is 11.6 Å². The summed E-state index contributed by atoms with van der Waals surface area (Å²) in [5.41, 5.74) is 2.25. The van der Waals surface area contributed by atoms with Crippen LogP contribution in [-0.2, 0) is 7.05 Å². The van der Waals surface area contributed by atoms with Gasteiger partial charge in [-0.05, 0) is 25.0 Å². The number of amides is 1. The molecule has 0 spiro atoms. The van der Waals surface area contributed by atoms with E-state index >= 15 is 0 Å². The molecule has 2 aromatic heterocycles. The fourth-order valence-corrected chi connectivity index (χ4v) is 3.52. The normalized spacial score (nSPS) is 17.7. The monoisotopic (exact) mass is 357 g/mol. The highest BCUT2D eigenvalue weighted by Gasteiger charge is 2.29. The highest BCUT2D eigenvalue weighted by Crippen LogP contribution is 2.30. The van der Waals surface area contributed by atoms with Crippen LogP contribution >= 0.6 is 0 Å². The number of aryl methyl sites for hydroxylation is 1. The fourth-order valence-electron chi connectivity index (χ4n) is 3.52. The number of halogens is 2. The zero-order valence-corrected chi connectivity index (χ0v) is 14.2. The van der Waals surface area contributed by atoms with Crippen LogP contribution in [0.3, 0.4) is 0 Å². The molecule has 4 rings (SSSR count). The van der Waals surface area contributed by atoms with Crippen molar-refractivity contribution < 1.29 is 13.6 Å². The van der Waals surface area contributed by atoms with Gasteiger partial charge in [0, 0.05) is 50.1 Å². The molecule has 26 heavy (non-hydrogen) atoms. The van der Waals surface area contributed by atoms with Gasteiger partial charge in [-0.25, -0.2) is 23.4 Å². The Kier molecular flexibility index (Phi) is 4.10. The second-order valence-electron chi connectivity index (χ2n) is 6.49. The van der Waals surface area contributed by atoms with Crippen molar-refractivity contribution in [1.29, 1.82) is 0 Å². The number of likely N-dealkylation sites (tertiary alicyclic amines) is 1. The van der Waals surface area contributed by atoms with Gasteiger partial charge in [0.15, 0.2) is 5.65 Å². The Bertz CT molecular complexity index is 967. The summed E-state index contributed by atoms with van der Waals surface area (Å²) in [5.74, 6) is -1.88. The summed E-state index contributed by atoms with van der Waals surface area (Å²) in [6.07, 6.45) is 4.88. The molecule has 1 aliphatic heterocycles. The Balaban J connectivity index is 1.62. The lowest BCUT2D eigenvalue weighted by Gasteiger charge is -2.32. The van der Waals surface area contributed by atoms with Crippen molar-refractivity contribution >= 4 is 17.1 Å². The molecule has 1 aliphatic rings. The Morgan fingerprint density at radius 3 is 2.65 bits per heavy atom. The summed E-state index contributed by atoms with van der Waals surface area (Å²) in [4.78, 5) is 23.0. The molecule has 0 saturated carbocycles. The largest absolute Gasteiger partial charge is 0.338 e. The minimum absolute atomic E-state index is 0.00602. The highest BCUT2D eigenvalue weighted by molar-refractivity contribution is 5.94. The number of fused-ring (bicyclic) bond motifs is 1. The van der Waals surface area contributed by atoms with Gasteiger partial charge in [0.2, 0.25) is 0 Å². The molecule has 1 aromatic carbocycles. The smallest absolute Gasteiger partial charge is 0.254 e. The number of carbonyl (C=O) groups excluding carboxylic acids is 1. The zero-order valence-electron chi connectivity index (χ0n) is 14.2. The molecule has 0 bridgehead atoms. The third-order valence-electron chi connectivity index (χ3n) is 4.69. The van der Waals surface area contributed by atoms with Crippen LogP contribution in [0, 0.1) is 11.6 Å². The van der Waals surface area contributed by atoms with Crippen LogP contribution in [0.1, 0.15) is 34.8 Å². The number of hydrogen-bond acceptors (Lipinski definition) is 4. The van der Waals surface area contributed by atoms with Gasteiger partial charge in [-0.1, -0.05) is 0 Å². The van der Waals surface area contributed by atoms with Gasteiger partial charge in [0.25, 0.3) is 5.91 Å². The van der Waals surface area contributed by atoms with E-state index in [1.54, 1.807) is 22.0 Å². The Labute approximate surface area is 148 Å². The first kappa shape index (κ1) is 16.6. The second kappa shape index (κ2) is 6.44. The first-order valence-corrected chi connectivity index (χ1v) is 8.42. The van der Waals surface area contributed by atoms with Crippen LogP contribution in [0.4, 0.5) is 8.78 Å². The van der Waals surface area contributed by atoms with E-state index in [9.17, 15) is 13.6 Å². The molecule has 3 aromatic rings. The third-order valence-corrected chi connectivity index (χ3v) is 4.69. The van der Waals surface area contributed by atoms with Crippen molar-refractivity contribution in [2.24, 2.45) is 7.05 Å². The Hall–Kier alpha value is -2.90. The molecule has 1 atom stereocenters. The molecule has 0 radical (unpaired) electrons. The van der Waals surface area contributed by atoms with E-state index in [2.05, 4.69) is 15.1 Å². The number of nitrogens with zero attached hydrogens (tertiary/aromatic N) is 5. The lowest BCUT2D eigenvalue weighted by Crippen LogP contribution is -2.39. The lowest BCUT2D eigenvalue weighted by atomic mass is 9.93. The molecule has 1 saturated heterocycles. The molecule has 0 aliphatic carbocycles. The maximum atomic E-state index is 13.4. The Morgan fingerprint density at radius 1 is 1.15 bits per heavy atom. The average Bonchev–Trinajstić information content (AvgIpc) is 2.98. The van der Waals surface area contributed by atoms with Crippen molar-refractivity contribution in [2.45, 2.75) is 18.8 Å². The standard InChI is InChI=1S/C18H17F2N5O/c1-24-17-16(21-4-5-22-17)15(23-24)11-3-2-6-25(10-11)18(26)12-7-13(19)9-14(20)8-12/h4-5,7-9,11H,2-3,6,10H2,1H3/t11-/m1/s1. The summed E-state index contributed by atoms with van der Waals surface area (Å²) >= 11 is 0. The molecular formula is C18H17F2N5O. The zero-order chi connectivity index (χ0) is 18.3. The minimum atomic E-state index is -0.757. The number of piperidine rings is 1. The van der Waals surface area contributed by atoms with Gasteiger partial charge in [0.05, 0.1) is 5.69 Å². The number of rotatable bonds is 2. The van der Waals surface area contributed by atoms with Crippen LogP contribution in [0.2, 0.25) is 0 Å². The molecule has 1 amide bonds. The van der Waals surface area contributed by atoms with E-state index in [4.69, 9.17) is 0 Å². The molecule has 0 unspecified atom stereocenters. The molecule has 6 nitrogen and oxygen atoms in total. The molecule has 8 heteroatoms. The third kappa shape index (κ3) is 2.91. The minimum Gasteiger partial charge on any atom is -0.338 e. The quantitative estimate of drug-likeness (QED) is 0.707. The number of benzene rings is 1. The van der Waals surface area contributed by atoms with E-state index in [1.165, 1.54) is 0 Å². The molecule has 134 valence electrons.